The van der Waals surface area contributed by atoms with Crippen LogP contribution in [0.3, 0.4) is 0 Å². The van der Waals surface area contributed by atoms with Gasteiger partial charge in [-0.2, -0.15) is 0 Å². The summed E-state index contributed by atoms with van der Waals surface area (Å²) in [4.78, 5) is 3.69. The van der Waals surface area contributed by atoms with Crippen molar-refractivity contribution in [3.63, 3.8) is 0 Å². The molecule has 1 rings (SSSR count). The standard InChI is InChI=1S/C10H10FNOS/c11-9-3-1-8(2-4-9)10(13)5-6-12-7-14/h1-4,10,13H,5-6H2. The van der Waals surface area contributed by atoms with Crippen molar-refractivity contribution >= 4 is 17.4 Å². The van der Waals surface area contributed by atoms with E-state index in [1.54, 1.807) is 12.1 Å². The number of thiocarbonyl (C=S) groups is 1. The quantitative estimate of drug-likeness (QED) is 0.612. The van der Waals surface area contributed by atoms with Gasteiger partial charge in [0.1, 0.15) is 5.82 Å². The summed E-state index contributed by atoms with van der Waals surface area (Å²) in [6, 6.07) is 5.75. The minimum Gasteiger partial charge on any atom is -0.388 e. The Morgan fingerprint density at radius 3 is 2.64 bits per heavy atom. The molecule has 0 bridgehead atoms. The zero-order valence-electron chi connectivity index (χ0n) is 7.48. The van der Waals surface area contributed by atoms with Crippen molar-refractivity contribution in [1.29, 1.82) is 0 Å². The van der Waals surface area contributed by atoms with E-state index in [1.165, 1.54) is 12.1 Å². The van der Waals surface area contributed by atoms with E-state index >= 15 is 0 Å². The molecule has 1 aromatic rings. The third kappa shape index (κ3) is 3.34. The zero-order chi connectivity index (χ0) is 10.4. The van der Waals surface area contributed by atoms with Crippen molar-refractivity contribution in [1.82, 2.24) is 0 Å². The normalized spacial score (nSPS) is 11.9. The number of halogens is 1. The summed E-state index contributed by atoms with van der Waals surface area (Å²) in [6.07, 6.45) is -0.155. The van der Waals surface area contributed by atoms with Crippen molar-refractivity contribution in [2.45, 2.75) is 12.5 Å². The highest BCUT2D eigenvalue weighted by molar-refractivity contribution is 7.78. The van der Waals surface area contributed by atoms with Crippen molar-refractivity contribution in [2.24, 2.45) is 4.99 Å². The van der Waals surface area contributed by atoms with Crippen LogP contribution in [0.2, 0.25) is 0 Å². The van der Waals surface area contributed by atoms with Crippen LogP contribution >= 0.6 is 12.2 Å². The number of isothiocyanates is 1. The van der Waals surface area contributed by atoms with Crippen LogP contribution in [-0.2, 0) is 0 Å². The molecule has 0 spiro atoms. The molecule has 0 fully saturated rings. The SMILES string of the molecule is OC(CCN=C=S)c1ccc(F)cc1. The first kappa shape index (κ1) is 11.0. The number of hydrogen-bond donors (Lipinski definition) is 1. The first-order chi connectivity index (χ1) is 6.74. The van der Waals surface area contributed by atoms with Gasteiger partial charge in [0, 0.05) is 0 Å². The number of hydrogen-bond acceptors (Lipinski definition) is 3. The van der Waals surface area contributed by atoms with E-state index < -0.39 is 6.10 Å². The lowest BCUT2D eigenvalue weighted by Crippen LogP contribution is -1.99. The lowest BCUT2D eigenvalue weighted by Gasteiger charge is -2.08. The second-order valence-corrected chi connectivity index (χ2v) is 3.01. The molecule has 0 saturated heterocycles. The highest BCUT2D eigenvalue weighted by atomic mass is 32.1. The van der Waals surface area contributed by atoms with Gasteiger partial charge in [0.25, 0.3) is 0 Å². The number of aliphatic imine (C=N–C) groups is 1. The molecule has 0 amide bonds. The Bertz CT molecular complexity index is 332. The van der Waals surface area contributed by atoms with Crippen LogP contribution < -0.4 is 0 Å². The Morgan fingerprint density at radius 1 is 1.43 bits per heavy atom. The number of aliphatic hydroxyl groups is 1. The molecule has 0 radical (unpaired) electrons. The maximum Gasteiger partial charge on any atom is 0.123 e. The van der Waals surface area contributed by atoms with Gasteiger partial charge in [-0.25, -0.2) is 9.38 Å². The Balaban J connectivity index is 2.55. The summed E-state index contributed by atoms with van der Waals surface area (Å²) < 4.78 is 12.5. The lowest BCUT2D eigenvalue weighted by atomic mass is 10.1. The molecule has 1 N–H and O–H groups in total. The van der Waals surface area contributed by atoms with Crippen LogP contribution in [0.1, 0.15) is 18.1 Å². The molecule has 0 aliphatic heterocycles. The lowest BCUT2D eigenvalue weighted by molar-refractivity contribution is 0.170. The fourth-order valence-corrected chi connectivity index (χ4v) is 1.18. The van der Waals surface area contributed by atoms with E-state index in [0.717, 1.165) is 0 Å². The Labute approximate surface area is 87.1 Å². The summed E-state index contributed by atoms with van der Waals surface area (Å²) >= 11 is 4.39. The van der Waals surface area contributed by atoms with Crippen LogP contribution in [0.15, 0.2) is 29.3 Å². The number of rotatable bonds is 4. The van der Waals surface area contributed by atoms with Crippen LogP contribution in [0, 0.1) is 5.82 Å². The molecule has 0 heterocycles. The van der Waals surface area contributed by atoms with Gasteiger partial charge in [0.15, 0.2) is 0 Å². The van der Waals surface area contributed by atoms with E-state index in [1.807, 2.05) is 0 Å². The van der Waals surface area contributed by atoms with Gasteiger partial charge in [-0.05, 0) is 36.3 Å². The van der Waals surface area contributed by atoms with Crippen molar-refractivity contribution in [3.05, 3.63) is 35.6 Å². The molecule has 0 aliphatic carbocycles. The van der Waals surface area contributed by atoms with E-state index in [-0.39, 0.29) is 5.82 Å². The molecule has 1 unspecified atom stereocenters. The first-order valence-electron chi connectivity index (χ1n) is 4.21. The predicted octanol–water partition coefficient (Wildman–Crippen LogP) is 2.35. The second kappa shape index (κ2) is 5.60. The molecule has 1 atom stereocenters. The maximum absolute atomic E-state index is 12.5. The predicted molar refractivity (Wildman–Crippen MR) is 55.9 cm³/mol. The minimum absolute atomic E-state index is 0.308. The Kier molecular flexibility index (Phi) is 4.40. The molecule has 14 heavy (non-hydrogen) atoms. The van der Waals surface area contributed by atoms with Gasteiger partial charge in [-0.15, -0.1) is 0 Å². The van der Waals surface area contributed by atoms with Crippen LogP contribution in [0.25, 0.3) is 0 Å². The number of benzene rings is 1. The van der Waals surface area contributed by atoms with E-state index in [9.17, 15) is 9.50 Å². The summed E-state index contributed by atoms with van der Waals surface area (Å²) in [7, 11) is 0. The van der Waals surface area contributed by atoms with Crippen LogP contribution in [0.4, 0.5) is 4.39 Å². The van der Waals surface area contributed by atoms with Gasteiger partial charge in [-0.3, -0.25) is 0 Å². The number of aliphatic hydroxyl groups excluding tert-OH is 1. The Hall–Kier alpha value is -1.09. The van der Waals surface area contributed by atoms with Crippen molar-refractivity contribution in [2.75, 3.05) is 6.54 Å². The van der Waals surface area contributed by atoms with E-state index in [4.69, 9.17) is 0 Å². The summed E-state index contributed by atoms with van der Waals surface area (Å²) in [5.74, 6) is -0.308. The summed E-state index contributed by atoms with van der Waals surface area (Å²) in [5.41, 5.74) is 0.686. The molecule has 0 aliphatic rings. The fourth-order valence-electron chi connectivity index (χ4n) is 1.08. The van der Waals surface area contributed by atoms with Gasteiger partial charge in [0.05, 0.1) is 17.8 Å². The zero-order valence-corrected chi connectivity index (χ0v) is 8.30. The topological polar surface area (TPSA) is 32.6 Å². The summed E-state index contributed by atoms with van der Waals surface area (Å²) in [5, 5.41) is 11.8. The molecule has 0 aromatic heterocycles. The molecular formula is C10H10FNOS. The second-order valence-electron chi connectivity index (χ2n) is 2.83. The summed E-state index contributed by atoms with van der Waals surface area (Å²) in [6.45, 7) is 0.433. The Morgan fingerprint density at radius 2 is 2.07 bits per heavy atom. The molecule has 2 nitrogen and oxygen atoms in total. The van der Waals surface area contributed by atoms with Gasteiger partial charge >= 0.3 is 0 Å². The van der Waals surface area contributed by atoms with Gasteiger partial charge < -0.3 is 5.11 Å². The maximum atomic E-state index is 12.5. The van der Waals surface area contributed by atoms with Crippen molar-refractivity contribution in [3.8, 4) is 0 Å². The third-order valence-electron chi connectivity index (χ3n) is 1.83. The largest absolute Gasteiger partial charge is 0.388 e. The highest BCUT2D eigenvalue weighted by Crippen LogP contribution is 2.16. The molecular weight excluding hydrogens is 201 g/mol. The first-order valence-corrected chi connectivity index (χ1v) is 4.62. The molecule has 74 valence electrons. The molecule has 1 aromatic carbocycles. The van der Waals surface area contributed by atoms with Gasteiger partial charge in [0.2, 0.25) is 0 Å². The van der Waals surface area contributed by atoms with E-state index in [2.05, 4.69) is 22.4 Å². The third-order valence-corrected chi connectivity index (χ3v) is 1.96. The van der Waals surface area contributed by atoms with Gasteiger partial charge in [-0.1, -0.05) is 12.1 Å². The minimum atomic E-state index is -0.623. The number of nitrogens with zero attached hydrogens (tertiary/aromatic N) is 1. The average Bonchev–Trinajstić information content (AvgIpc) is 2.19. The van der Waals surface area contributed by atoms with Crippen LogP contribution in [-0.4, -0.2) is 16.8 Å². The van der Waals surface area contributed by atoms with Crippen molar-refractivity contribution < 1.29 is 9.50 Å². The smallest absolute Gasteiger partial charge is 0.123 e. The fraction of sp³-hybridized carbons (Fsp3) is 0.300. The average molecular weight is 211 g/mol. The molecule has 0 saturated carbocycles. The van der Waals surface area contributed by atoms with Crippen LogP contribution in [0.5, 0.6) is 0 Å². The monoisotopic (exact) mass is 211 g/mol. The van der Waals surface area contributed by atoms with E-state index in [0.29, 0.717) is 18.5 Å². The molecule has 4 heteroatoms. The highest BCUT2D eigenvalue weighted by Gasteiger charge is 2.06.